The summed E-state index contributed by atoms with van der Waals surface area (Å²) < 4.78 is 5.15. The first-order valence-corrected chi connectivity index (χ1v) is 7.56. The Kier molecular flexibility index (Phi) is 6.01. The molecule has 1 rings (SSSR count). The molecule has 3 unspecified atom stereocenters. The predicted molar refractivity (Wildman–Crippen MR) is 79.5 cm³/mol. The number of nitrogens with one attached hydrogen (secondary N) is 1. The third kappa shape index (κ3) is 4.88. The Labute approximate surface area is 127 Å². The molecule has 1 N–H and O–H groups in total. The van der Waals surface area contributed by atoms with Crippen LogP contribution in [0.2, 0.25) is 0 Å². The molecule has 122 valence electrons. The van der Waals surface area contributed by atoms with E-state index in [2.05, 4.69) is 12.2 Å². The smallest absolute Gasteiger partial charge is 0.408 e. The van der Waals surface area contributed by atoms with Gasteiger partial charge < -0.3 is 10.1 Å². The molecule has 6 nitrogen and oxygen atoms in total. The van der Waals surface area contributed by atoms with Gasteiger partial charge in [-0.1, -0.05) is 13.3 Å². The molecule has 0 aromatic rings. The fourth-order valence-corrected chi connectivity index (χ4v) is 2.46. The van der Waals surface area contributed by atoms with Gasteiger partial charge in [-0.05, 0) is 46.5 Å². The minimum absolute atomic E-state index is 0.107. The van der Waals surface area contributed by atoms with Crippen molar-refractivity contribution in [2.75, 3.05) is 7.11 Å². The SMILES string of the molecule is CCC1CCC1N(OC)C(=O)C(C)NC(=O)OC(C)(C)C. The van der Waals surface area contributed by atoms with Crippen LogP contribution >= 0.6 is 0 Å². The number of hydrogen-bond acceptors (Lipinski definition) is 4. The maximum absolute atomic E-state index is 12.4. The Morgan fingerprint density at radius 2 is 1.95 bits per heavy atom. The van der Waals surface area contributed by atoms with Crippen LogP contribution < -0.4 is 5.32 Å². The van der Waals surface area contributed by atoms with Crippen LogP contribution in [-0.2, 0) is 14.4 Å². The summed E-state index contributed by atoms with van der Waals surface area (Å²) >= 11 is 0. The molecule has 3 atom stereocenters. The van der Waals surface area contributed by atoms with E-state index in [0.717, 1.165) is 19.3 Å². The topological polar surface area (TPSA) is 67.9 Å². The third-order valence-corrected chi connectivity index (χ3v) is 3.72. The summed E-state index contributed by atoms with van der Waals surface area (Å²) in [6.45, 7) is 9.08. The number of ether oxygens (including phenoxy) is 1. The van der Waals surface area contributed by atoms with Crippen LogP contribution in [-0.4, -0.2) is 41.9 Å². The Balaban J connectivity index is 2.57. The molecule has 0 saturated heterocycles. The zero-order chi connectivity index (χ0) is 16.2. The molecule has 0 bridgehead atoms. The average molecular weight is 300 g/mol. The Hall–Kier alpha value is -1.30. The number of amides is 2. The molecule has 0 aromatic carbocycles. The number of hydrogen-bond donors (Lipinski definition) is 1. The highest BCUT2D eigenvalue weighted by Gasteiger charge is 2.39. The lowest BCUT2D eigenvalue weighted by molar-refractivity contribution is -0.207. The maximum atomic E-state index is 12.4. The number of carbonyl (C=O) groups is 2. The van der Waals surface area contributed by atoms with Gasteiger partial charge in [0.25, 0.3) is 5.91 Å². The fourth-order valence-electron chi connectivity index (χ4n) is 2.46. The molecule has 2 amide bonds. The summed E-state index contributed by atoms with van der Waals surface area (Å²) in [5, 5.41) is 3.96. The Morgan fingerprint density at radius 1 is 1.33 bits per heavy atom. The lowest BCUT2D eigenvalue weighted by Crippen LogP contribution is -2.55. The van der Waals surface area contributed by atoms with Crippen molar-refractivity contribution in [2.24, 2.45) is 5.92 Å². The van der Waals surface area contributed by atoms with Crippen molar-refractivity contribution in [3.05, 3.63) is 0 Å². The fraction of sp³-hybridized carbons (Fsp3) is 0.867. The first-order valence-electron chi connectivity index (χ1n) is 7.56. The highest BCUT2D eigenvalue weighted by atomic mass is 16.7. The van der Waals surface area contributed by atoms with Crippen LogP contribution in [0.25, 0.3) is 0 Å². The van der Waals surface area contributed by atoms with Gasteiger partial charge in [0.15, 0.2) is 0 Å². The summed E-state index contributed by atoms with van der Waals surface area (Å²) in [4.78, 5) is 29.4. The van der Waals surface area contributed by atoms with E-state index >= 15 is 0 Å². The number of hydroxylamine groups is 2. The van der Waals surface area contributed by atoms with E-state index in [-0.39, 0.29) is 11.9 Å². The first-order chi connectivity index (χ1) is 9.69. The molecule has 0 aromatic heterocycles. The van der Waals surface area contributed by atoms with Crippen molar-refractivity contribution in [3.8, 4) is 0 Å². The second-order valence-corrected chi connectivity index (χ2v) is 6.53. The van der Waals surface area contributed by atoms with Crippen LogP contribution in [0.1, 0.15) is 53.9 Å². The summed E-state index contributed by atoms with van der Waals surface area (Å²) in [5.74, 6) is 0.231. The minimum Gasteiger partial charge on any atom is -0.444 e. The molecule has 1 aliphatic carbocycles. The summed E-state index contributed by atoms with van der Waals surface area (Å²) in [6, 6.07) is -0.576. The molecule has 0 aliphatic heterocycles. The summed E-state index contributed by atoms with van der Waals surface area (Å²) in [5.41, 5.74) is -0.588. The van der Waals surface area contributed by atoms with Crippen molar-refractivity contribution in [1.29, 1.82) is 0 Å². The van der Waals surface area contributed by atoms with Gasteiger partial charge in [-0.25, -0.2) is 9.86 Å². The molecule has 1 aliphatic rings. The van der Waals surface area contributed by atoms with Gasteiger partial charge in [-0.15, -0.1) is 0 Å². The molecule has 0 heterocycles. The van der Waals surface area contributed by atoms with Gasteiger partial charge in [0.2, 0.25) is 0 Å². The third-order valence-electron chi connectivity index (χ3n) is 3.72. The maximum Gasteiger partial charge on any atom is 0.408 e. The van der Waals surface area contributed by atoms with Crippen LogP contribution in [0, 0.1) is 5.92 Å². The molecule has 21 heavy (non-hydrogen) atoms. The van der Waals surface area contributed by atoms with E-state index in [1.807, 2.05) is 0 Å². The van der Waals surface area contributed by atoms with E-state index < -0.39 is 17.7 Å². The zero-order valence-corrected chi connectivity index (χ0v) is 13.9. The van der Waals surface area contributed by atoms with Crippen molar-refractivity contribution in [1.82, 2.24) is 10.4 Å². The van der Waals surface area contributed by atoms with E-state index in [9.17, 15) is 9.59 Å². The largest absolute Gasteiger partial charge is 0.444 e. The monoisotopic (exact) mass is 300 g/mol. The zero-order valence-electron chi connectivity index (χ0n) is 13.9. The standard InChI is InChI=1S/C15H28N2O4/c1-7-11-8-9-12(11)17(20-6)13(18)10(2)16-14(19)21-15(3,4)5/h10-12H,7-9H2,1-6H3,(H,16,19). The van der Waals surface area contributed by atoms with Crippen molar-refractivity contribution < 1.29 is 19.2 Å². The second-order valence-electron chi connectivity index (χ2n) is 6.53. The molecule has 1 fully saturated rings. The second kappa shape index (κ2) is 7.11. The predicted octanol–water partition coefficient (Wildman–Crippen LogP) is 2.48. The summed E-state index contributed by atoms with van der Waals surface area (Å²) in [6.07, 6.45) is 2.48. The lowest BCUT2D eigenvalue weighted by Gasteiger charge is -2.43. The van der Waals surface area contributed by atoms with E-state index in [0.29, 0.717) is 5.92 Å². The van der Waals surface area contributed by atoms with E-state index in [1.165, 1.54) is 12.2 Å². The number of nitrogens with zero attached hydrogens (tertiary/aromatic N) is 1. The molecule has 0 spiro atoms. The van der Waals surface area contributed by atoms with E-state index in [4.69, 9.17) is 9.57 Å². The first kappa shape index (κ1) is 17.8. The van der Waals surface area contributed by atoms with Crippen molar-refractivity contribution >= 4 is 12.0 Å². The van der Waals surface area contributed by atoms with Crippen molar-refractivity contribution in [3.63, 3.8) is 0 Å². The number of carbonyl (C=O) groups excluding carboxylic acids is 2. The van der Waals surface area contributed by atoms with Crippen LogP contribution in [0.4, 0.5) is 4.79 Å². The van der Waals surface area contributed by atoms with Crippen LogP contribution in [0.5, 0.6) is 0 Å². The highest BCUT2D eigenvalue weighted by molar-refractivity contribution is 5.85. The van der Waals surface area contributed by atoms with Gasteiger partial charge in [0.05, 0.1) is 13.2 Å². The molecule has 0 radical (unpaired) electrons. The van der Waals surface area contributed by atoms with E-state index in [1.54, 1.807) is 27.7 Å². The Morgan fingerprint density at radius 3 is 2.33 bits per heavy atom. The lowest BCUT2D eigenvalue weighted by atomic mass is 9.77. The number of alkyl carbamates (subject to hydrolysis) is 1. The van der Waals surface area contributed by atoms with Gasteiger partial charge in [-0.2, -0.15) is 0 Å². The van der Waals surface area contributed by atoms with Gasteiger partial charge in [0.1, 0.15) is 11.6 Å². The van der Waals surface area contributed by atoms with Gasteiger partial charge >= 0.3 is 6.09 Å². The van der Waals surface area contributed by atoms with Gasteiger partial charge in [-0.3, -0.25) is 9.63 Å². The molecule has 1 saturated carbocycles. The molecule has 6 heteroatoms. The van der Waals surface area contributed by atoms with Crippen molar-refractivity contribution in [2.45, 2.75) is 71.6 Å². The normalized spacial score (nSPS) is 23.0. The van der Waals surface area contributed by atoms with Crippen LogP contribution in [0.3, 0.4) is 0 Å². The van der Waals surface area contributed by atoms with Gasteiger partial charge in [0, 0.05) is 0 Å². The Bertz CT molecular complexity index is 376. The highest BCUT2D eigenvalue weighted by Crippen LogP contribution is 2.34. The quantitative estimate of drug-likeness (QED) is 0.792. The number of rotatable bonds is 5. The summed E-state index contributed by atoms with van der Waals surface area (Å²) in [7, 11) is 1.49. The molecular weight excluding hydrogens is 272 g/mol. The minimum atomic E-state index is -0.682. The average Bonchev–Trinajstić information content (AvgIpc) is 2.31. The molecular formula is C15H28N2O4. The van der Waals surface area contributed by atoms with Crippen LogP contribution in [0.15, 0.2) is 0 Å².